The highest BCUT2D eigenvalue weighted by Gasteiger charge is 2.65. The van der Waals surface area contributed by atoms with Gasteiger partial charge in [0.05, 0.1) is 39.1 Å². The molecule has 0 aromatic heterocycles. The molecule has 5 aromatic carbocycles. The first-order chi connectivity index (χ1) is 37.4. The van der Waals surface area contributed by atoms with Gasteiger partial charge in [0.2, 0.25) is 18.5 Å². The Morgan fingerprint density at radius 3 is 2.17 bits per heavy atom. The quantitative estimate of drug-likeness (QED) is 0.0191. The van der Waals surface area contributed by atoms with Crippen molar-refractivity contribution in [2.45, 2.75) is 75.8 Å². The summed E-state index contributed by atoms with van der Waals surface area (Å²) in [4.78, 5) is 56.6. The number of hydrogen-bond donors (Lipinski definition) is 2. The second-order valence-electron chi connectivity index (χ2n) is 19.2. The van der Waals surface area contributed by atoms with Gasteiger partial charge in [0.15, 0.2) is 11.5 Å². The summed E-state index contributed by atoms with van der Waals surface area (Å²) < 4.78 is 32.4. The maximum absolute atomic E-state index is 15.4. The lowest BCUT2D eigenvalue weighted by Gasteiger charge is -2.60. The molecule has 20 heteroatoms. The minimum absolute atomic E-state index is 0.00517. The van der Waals surface area contributed by atoms with E-state index in [1.807, 2.05) is 12.1 Å². The van der Waals surface area contributed by atoms with Crippen LogP contribution in [0.25, 0.3) is 6.08 Å². The Morgan fingerprint density at radius 2 is 1.45 bits per heavy atom. The third-order valence-electron chi connectivity index (χ3n) is 14.4. The number of non-ortho nitro benzene ring substituents is 3. The second kappa shape index (κ2) is 24.0. The molecule has 2 heterocycles. The molecule has 2 N–H and O–H groups in total. The number of amides is 1. The summed E-state index contributed by atoms with van der Waals surface area (Å²) in [6, 6.07) is 27.4. The van der Waals surface area contributed by atoms with Gasteiger partial charge < -0.3 is 43.6 Å². The molecule has 0 bridgehead atoms. The lowest BCUT2D eigenvalue weighted by molar-refractivity contribution is -0.385. The van der Waals surface area contributed by atoms with Crippen LogP contribution in [0, 0.1) is 48.1 Å². The zero-order chi connectivity index (χ0) is 54.1. The number of carbonyl (C=O) groups excluding carboxylic acids is 1. The number of carbonyl (C=O) groups is 1. The molecular weight excluding hydrogens is 995 g/mol. The fourth-order valence-corrected chi connectivity index (χ4v) is 11.0. The maximum Gasteiger partial charge on any atom is 0.273 e. The lowest BCUT2D eigenvalue weighted by atomic mass is 9.55. The fourth-order valence-electron chi connectivity index (χ4n) is 11.0. The van der Waals surface area contributed by atoms with Crippen LogP contribution < -0.4 is 18.9 Å². The summed E-state index contributed by atoms with van der Waals surface area (Å²) in [7, 11) is 0. The van der Waals surface area contributed by atoms with Gasteiger partial charge in [-0.15, -0.1) is 6.58 Å². The highest BCUT2D eigenvalue weighted by molar-refractivity contribution is 6.03. The van der Waals surface area contributed by atoms with Crippen molar-refractivity contribution in [2.24, 2.45) is 22.9 Å². The topological polar surface area (TPSA) is 258 Å². The molecule has 4 aliphatic rings. The Bertz CT molecular complexity index is 3090. The van der Waals surface area contributed by atoms with Crippen LogP contribution in [0.1, 0.15) is 73.1 Å². The van der Waals surface area contributed by atoms with E-state index in [0.29, 0.717) is 83.9 Å². The van der Waals surface area contributed by atoms with Crippen molar-refractivity contribution in [3.05, 3.63) is 192 Å². The SMILES string of the molecule is C=CCO[C@@]12Oc3ccc(Oc4cccc([N+](=O)[O-])c4)cc3[C@H]3[C@H](CCCCO)[C@@H](CCCCO)C=C(C(=NOCc4ccc([N+](=O)[O-])cc4)C[C@@H]1N(Cc1ccc4c(c1)OCO4)C(=O)C=Cc1ccc([N+](=O)[O-])cc1)[C@H]32. The van der Waals surface area contributed by atoms with Crippen molar-refractivity contribution < 1.29 is 58.3 Å². The van der Waals surface area contributed by atoms with Gasteiger partial charge in [-0.3, -0.25) is 35.1 Å². The smallest absolute Gasteiger partial charge is 0.273 e. The van der Waals surface area contributed by atoms with Gasteiger partial charge in [0.25, 0.3) is 17.1 Å². The van der Waals surface area contributed by atoms with Crippen molar-refractivity contribution in [3.63, 3.8) is 0 Å². The summed E-state index contributed by atoms with van der Waals surface area (Å²) in [5.41, 5.74) is 3.40. The molecule has 1 amide bonds. The first kappa shape index (κ1) is 53.4. The number of unbranched alkanes of at least 4 members (excludes halogenated alkanes) is 2. The van der Waals surface area contributed by atoms with Gasteiger partial charge in [0.1, 0.15) is 29.9 Å². The van der Waals surface area contributed by atoms with Gasteiger partial charge in [-0.1, -0.05) is 42.3 Å². The van der Waals surface area contributed by atoms with Crippen molar-refractivity contribution in [1.82, 2.24) is 4.90 Å². The number of fused-ring (bicyclic) bond motifs is 3. The van der Waals surface area contributed by atoms with Gasteiger partial charge in [-0.2, -0.15) is 0 Å². The van der Waals surface area contributed by atoms with Crippen LogP contribution >= 0.6 is 0 Å². The highest BCUT2D eigenvalue weighted by atomic mass is 16.7. The molecule has 0 radical (unpaired) electrons. The standard InChI is InChI=1S/C57H57N5O15/c1-2-28-74-57-53(59(34-39-16-23-51-52(29-39)73-36-72-51)54(65)25-17-37-12-18-41(19-13-37)60(66)67)33-49(58-75-35-38-14-20-42(21-15-38)61(68)69)47-30-40(8-3-5-26-63)46(11-4-6-27-64)55(56(47)57)48-32-45(22-24-50(48)77-57)76-44-10-7-9-43(31-44)62(70)71/h2,7,9-10,12-25,29-32,40,46,53,55-56,63-64H,1,3-6,8,11,26-28,33-36H2/t40-,46+,53-,55+,56+,57+/m0/s1. The third kappa shape index (κ3) is 11.8. The number of aliphatic hydroxyl groups is 2. The van der Waals surface area contributed by atoms with Crippen LogP contribution in [0.5, 0.6) is 28.7 Å². The van der Waals surface area contributed by atoms with Crippen molar-refractivity contribution in [1.29, 1.82) is 0 Å². The van der Waals surface area contributed by atoms with E-state index in [1.54, 1.807) is 71.6 Å². The van der Waals surface area contributed by atoms with E-state index in [2.05, 4.69) is 12.7 Å². The van der Waals surface area contributed by atoms with Crippen molar-refractivity contribution >= 4 is 34.8 Å². The Kier molecular flexibility index (Phi) is 16.7. The molecule has 0 saturated heterocycles. The molecule has 1 saturated carbocycles. The predicted molar refractivity (Wildman–Crippen MR) is 281 cm³/mol. The van der Waals surface area contributed by atoms with Crippen LogP contribution in [-0.4, -0.2) is 79.9 Å². The van der Waals surface area contributed by atoms with Gasteiger partial charge in [-0.25, -0.2) is 0 Å². The second-order valence-corrected chi connectivity index (χ2v) is 19.2. The number of nitrogens with zero attached hydrogens (tertiary/aromatic N) is 5. The molecular formula is C57H57N5O15. The number of ether oxygens (including phenoxy) is 5. The van der Waals surface area contributed by atoms with Crippen LogP contribution in [0.4, 0.5) is 17.1 Å². The largest absolute Gasteiger partial charge is 0.459 e. The normalized spacial score (nSPS) is 21.3. The van der Waals surface area contributed by atoms with Gasteiger partial charge >= 0.3 is 0 Å². The number of hydrogen-bond acceptors (Lipinski definition) is 16. The number of oxime groups is 1. The first-order valence-electron chi connectivity index (χ1n) is 25.4. The van der Waals surface area contributed by atoms with Crippen LogP contribution in [0.3, 0.4) is 0 Å². The summed E-state index contributed by atoms with van der Waals surface area (Å²) in [5.74, 6) is -1.63. The zero-order valence-electron chi connectivity index (χ0n) is 41.9. The molecule has 1 fully saturated rings. The van der Waals surface area contributed by atoms with E-state index in [-0.39, 0.29) is 80.8 Å². The monoisotopic (exact) mass is 1050 g/mol. The first-order valence-corrected chi connectivity index (χ1v) is 25.4. The molecule has 9 rings (SSSR count). The molecule has 6 atom stereocenters. The lowest BCUT2D eigenvalue weighted by Crippen LogP contribution is -2.70. The number of benzene rings is 5. The average Bonchev–Trinajstić information content (AvgIpc) is 3.92. The minimum atomic E-state index is -1.70. The molecule has 2 aliphatic heterocycles. The Labute approximate surface area is 442 Å². The van der Waals surface area contributed by atoms with Crippen LogP contribution in [0.2, 0.25) is 0 Å². The minimum Gasteiger partial charge on any atom is -0.459 e. The average molecular weight is 1050 g/mol. The highest BCUT2D eigenvalue weighted by Crippen LogP contribution is 2.62. The summed E-state index contributed by atoms with van der Waals surface area (Å²) in [6.45, 7) is 3.90. The molecule has 77 heavy (non-hydrogen) atoms. The molecule has 400 valence electrons. The summed E-state index contributed by atoms with van der Waals surface area (Å²) in [6.07, 6.45) is 10.5. The zero-order valence-corrected chi connectivity index (χ0v) is 41.9. The van der Waals surface area contributed by atoms with Crippen molar-refractivity contribution in [2.75, 3.05) is 26.6 Å². The molecule has 0 spiro atoms. The molecule has 5 aromatic rings. The van der Waals surface area contributed by atoms with E-state index in [0.717, 1.165) is 11.1 Å². The number of nitro groups is 3. The van der Waals surface area contributed by atoms with Gasteiger partial charge in [-0.05, 0) is 127 Å². The Balaban J connectivity index is 1.24. The number of allylic oxidation sites excluding steroid dienone is 1. The molecule has 0 unspecified atom stereocenters. The van der Waals surface area contributed by atoms with Crippen molar-refractivity contribution in [3.8, 4) is 28.7 Å². The maximum atomic E-state index is 15.4. The van der Waals surface area contributed by atoms with E-state index in [9.17, 15) is 40.6 Å². The third-order valence-corrected chi connectivity index (χ3v) is 14.4. The molecule has 2 aliphatic carbocycles. The Hall–Kier alpha value is -8.46. The van der Waals surface area contributed by atoms with E-state index >= 15 is 4.79 Å². The van der Waals surface area contributed by atoms with E-state index in [4.69, 9.17) is 33.7 Å². The van der Waals surface area contributed by atoms with Crippen LogP contribution in [0.15, 0.2) is 145 Å². The Morgan fingerprint density at radius 1 is 0.779 bits per heavy atom. The van der Waals surface area contributed by atoms with Crippen LogP contribution in [-0.2, 0) is 27.5 Å². The summed E-state index contributed by atoms with van der Waals surface area (Å²) >= 11 is 0. The van der Waals surface area contributed by atoms with Gasteiger partial charge in [0, 0.05) is 74.1 Å². The van der Waals surface area contributed by atoms with E-state index in [1.165, 1.54) is 48.5 Å². The molecule has 20 nitrogen and oxygen atoms in total. The number of rotatable bonds is 24. The van der Waals surface area contributed by atoms with E-state index < -0.39 is 44.3 Å². The fraction of sp³-hybridized carbons (Fsp3) is 0.333. The predicted octanol–water partition coefficient (Wildman–Crippen LogP) is 10.5. The number of nitro benzene ring substituents is 3. The number of aliphatic hydroxyl groups excluding tert-OH is 2. The summed E-state index contributed by atoms with van der Waals surface area (Å²) in [5, 5.41) is 59.9.